The molecule has 1 N–H and O–H groups in total. The van der Waals surface area contributed by atoms with Gasteiger partial charge in [0.1, 0.15) is 0 Å². The number of carbonyl (C=O) groups is 1. The molecule has 1 fully saturated rings. The highest BCUT2D eigenvalue weighted by Crippen LogP contribution is 2.10. The van der Waals surface area contributed by atoms with E-state index in [9.17, 15) is 9.90 Å². The minimum atomic E-state index is -0.363. The highest BCUT2D eigenvalue weighted by Gasteiger charge is 2.25. The fourth-order valence-corrected chi connectivity index (χ4v) is 1.51. The lowest BCUT2D eigenvalue weighted by Crippen LogP contribution is -2.30. The molecule has 0 aliphatic carbocycles. The first-order chi connectivity index (χ1) is 6.74. The van der Waals surface area contributed by atoms with Crippen molar-refractivity contribution in [3.8, 4) is 0 Å². The van der Waals surface area contributed by atoms with Gasteiger partial charge in [-0.2, -0.15) is 0 Å². The summed E-state index contributed by atoms with van der Waals surface area (Å²) in [7, 11) is 0. The van der Waals surface area contributed by atoms with Gasteiger partial charge in [0.2, 0.25) is 0 Å². The maximum absolute atomic E-state index is 11.3. The minimum absolute atomic E-state index is 0.280. The third-order valence-corrected chi connectivity index (χ3v) is 2.40. The van der Waals surface area contributed by atoms with Crippen molar-refractivity contribution in [3.63, 3.8) is 0 Å². The monoisotopic (exact) mass is 201 g/mol. The summed E-state index contributed by atoms with van der Waals surface area (Å²) in [6.45, 7) is 3.65. The molecule has 0 radical (unpaired) electrons. The number of amides is 1. The first-order valence-corrected chi connectivity index (χ1v) is 5.33. The quantitative estimate of drug-likeness (QED) is 0.699. The van der Waals surface area contributed by atoms with Gasteiger partial charge in [-0.25, -0.2) is 4.79 Å². The molecular formula is C10H19NO3. The van der Waals surface area contributed by atoms with E-state index in [-0.39, 0.29) is 12.2 Å². The smallest absolute Gasteiger partial charge is 0.409 e. The van der Waals surface area contributed by atoms with Crippen LogP contribution >= 0.6 is 0 Å². The van der Waals surface area contributed by atoms with Gasteiger partial charge in [0.25, 0.3) is 0 Å². The molecule has 0 aromatic heterocycles. The highest BCUT2D eigenvalue weighted by atomic mass is 16.6. The van der Waals surface area contributed by atoms with E-state index >= 15 is 0 Å². The van der Waals surface area contributed by atoms with Crippen LogP contribution in [0, 0.1) is 0 Å². The first kappa shape index (κ1) is 11.3. The van der Waals surface area contributed by atoms with E-state index < -0.39 is 0 Å². The van der Waals surface area contributed by atoms with Crippen molar-refractivity contribution in [2.45, 2.75) is 38.7 Å². The number of rotatable bonds is 4. The van der Waals surface area contributed by atoms with Gasteiger partial charge in [-0.1, -0.05) is 19.8 Å². The molecule has 82 valence electrons. The lowest BCUT2D eigenvalue weighted by molar-refractivity contribution is 0.101. The standard InChI is InChI=1S/C10H19NO3/c1-2-3-4-7-14-10(13)11-6-5-9(12)8-11/h9,12H,2-8H2,1H3. The molecule has 0 aromatic carbocycles. The molecule has 4 nitrogen and oxygen atoms in total. The fourth-order valence-electron chi connectivity index (χ4n) is 1.51. The van der Waals surface area contributed by atoms with Crippen LogP contribution in [0.25, 0.3) is 0 Å². The molecule has 1 aliphatic rings. The molecule has 1 rings (SSSR count). The average Bonchev–Trinajstić information content (AvgIpc) is 2.59. The van der Waals surface area contributed by atoms with E-state index in [1.807, 2.05) is 0 Å². The summed E-state index contributed by atoms with van der Waals surface area (Å²) >= 11 is 0. The van der Waals surface area contributed by atoms with Gasteiger partial charge < -0.3 is 14.7 Å². The number of hydrogen-bond donors (Lipinski definition) is 1. The van der Waals surface area contributed by atoms with E-state index in [2.05, 4.69) is 6.92 Å². The highest BCUT2D eigenvalue weighted by molar-refractivity contribution is 5.67. The maximum Gasteiger partial charge on any atom is 0.409 e. The number of aliphatic hydroxyl groups is 1. The summed E-state index contributed by atoms with van der Waals surface area (Å²) in [6, 6.07) is 0. The molecule has 1 amide bonds. The summed E-state index contributed by atoms with van der Waals surface area (Å²) in [5.41, 5.74) is 0. The van der Waals surface area contributed by atoms with Crippen LogP contribution in [0.4, 0.5) is 4.79 Å². The number of likely N-dealkylation sites (tertiary alicyclic amines) is 1. The van der Waals surface area contributed by atoms with Gasteiger partial charge >= 0.3 is 6.09 Å². The van der Waals surface area contributed by atoms with Crippen LogP contribution in [0.2, 0.25) is 0 Å². The molecule has 1 saturated heterocycles. The van der Waals surface area contributed by atoms with Crippen molar-refractivity contribution < 1.29 is 14.6 Å². The van der Waals surface area contributed by atoms with Crippen LogP contribution in [0.1, 0.15) is 32.6 Å². The molecule has 1 heterocycles. The summed E-state index contributed by atoms with van der Waals surface area (Å²) in [4.78, 5) is 12.9. The zero-order chi connectivity index (χ0) is 10.4. The number of nitrogens with zero attached hydrogens (tertiary/aromatic N) is 1. The zero-order valence-electron chi connectivity index (χ0n) is 8.74. The largest absolute Gasteiger partial charge is 0.449 e. The van der Waals surface area contributed by atoms with Crippen LogP contribution in [0.5, 0.6) is 0 Å². The second kappa shape index (κ2) is 5.86. The molecule has 1 aliphatic heterocycles. The number of aliphatic hydroxyl groups excluding tert-OH is 1. The molecule has 4 heteroatoms. The lowest BCUT2D eigenvalue weighted by atomic mass is 10.3. The lowest BCUT2D eigenvalue weighted by Gasteiger charge is -2.15. The molecule has 1 atom stereocenters. The van der Waals surface area contributed by atoms with Crippen molar-refractivity contribution in [2.75, 3.05) is 19.7 Å². The second-order valence-corrected chi connectivity index (χ2v) is 3.71. The van der Waals surface area contributed by atoms with E-state index in [1.54, 1.807) is 4.90 Å². The Kier molecular flexibility index (Phi) is 4.73. The SMILES string of the molecule is CCCCCOC(=O)N1CCC(O)C1. The van der Waals surface area contributed by atoms with Crippen molar-refractivity contribution in [1.29, 1.82) is 0 Å². The number of ether oxygens (including phenoxy) is 1. The van der Waals surface area contributed by atoms with E-state index in [4.69, 9.17) is 4.74 Å². The van der Waals surface area contributed by atoms with Crippen molar-refractivity contribution in [1.82, 2.24) is 4.90 Å². The van der Waals surface area contributed by atoms with Gasteiger partial charge in [0.15, 0.2) is 0 Å². The minimum Gasteiger partial charge on any atom is -0.449 e. The van der Waals surface area contributed by atoms with E-state index in [0.717, 1.165) is 19.3 Å². The van der Waals surface area contributed by atoms with Gasteiger partial charge in [-0.3, -0.25) is 0 Å². The Hall–Kier alpha value is -0.770. The third-order valence-electron chi connectivity index (χ3n) is 2.40. The molecule has 0 saturated carbocycles. The molecule has 1 unspecified atom stereocenters. The van der Waals surface area contributed by atoms with Gasteiger partial charge in [-0.05, 0) is 12.8 Å². The first-order valence-electron chi connectivity index (χ1n) is 5.33. The van der Waals surface area contributed by atoms with Crippen LogP contribution in [-0.2, 0) is 4.74 Å². The van der Waals surface area contributed by atoms with Crippen molar-refractivity contribution >= 4 is 6.09 Å². The molecule has 0 bridgehead atoms. The second-order valence-electron chi connectivity index (χ2n) is 3.71. The number of unbranched alkanes of at least 4 members (excludes halogenated alkanes) is 2. The zero-order valence-corrected chi connectivity index (χ0v) is 8.74. The van der Waals surface area contributed by atoms with Crippen LogP contribution in [0.3, 0.4) is 0 Å². The van der Waals surface area contributed by atoms with Crippen molar-refractivity contribution in [3.05, 3.63) is 0 Å². The Morgan fingerprint density at radius 1 is 1.57 bits per heavy atom. The van der Waals surface area contributed by atoms with Crippen LogP contribution < -0.4 is 0 Å². The number of hydrogen-bond acceptors (Lipinski definition) is 3. The van der Waals surface area contributed by atoms with Gasteiger partial charge in [-0.15, -0.1) is 0 Å². The molecule has 0 spiro atoms. The van der Waals surface area contributed by atoms with Crippen LogP contribution in [-0.4, -0.2) is 41.9 Å². The Balaban J connectivity index is 2.09. The summed E-state index contributed by atoms with van der Waals surface area (Å²) in [6.07, 6.45) is 3.18. The average molecular weight is 201 g/mol. The predicted octanol–water partition coefficient (Wildman–Crippen LogP) is 1.38. The maximum atomic E-state index is 11.3. The molecular weight excluding hydrogens is 182 g/mol. The molecule has 14 heavy (non-hydrogen) atoms. The Bertz CT molecular complexity index is 184. The van der Waals surface area contributed by atoms with E-state index in [1.165, 1.54) is 0 Å². The number of carbonyl (C=O) groups excluding carboxylic acids is 1. The van der Waals surface area contributed by atoms with E-state index in [0.29, 0.717) is 26.1 Å². The Morgan fingerprint density at radius 3 is 2.93 bits per heavy atom. The van der Waals surface area contributed by atoms with Crippen LogP contribution in [0.15, 0.2) is 0 Å². The summed E-state index contributed by atoms with van der Waals surface area (Å²) < 4.78 is 5.05. The topological polar surface area (TPSA) is 49.8 Å². The molecule has 0 aromatic rings. The van der Waals surface area contributed by atoms with Gasteiger partial charge in [0, 0.05) is 13.1 Å². The van der Waals surface area contributed by atoms with Gasteiger partial charge in [0.05, 0.1) is 12.7 Å². The fraction of sp³-hybridized carbons (Fsp3) is 0.900. The summed E-state index contributed by atoms with van der Waals surface area (Å²) in [5.74, 6) is 0. The number of β-amino-alcohol motifs (C(OH)–C–C–N with tert-alkyl or cyclic N) is 1. The van der Waals surface area contributed by atoms with Crippen molar-refractivity contribution in [2.24, 2.45) is 0 Å². The normalized spacial score (nSPS) is 21.3. The Labute approximate surface area is 84.8 Å². The predicted molar refractivity (Wildman–Crippen MR) is 53.1 cm³/mol. The summed E-state index contributed by atoms with van der Waals surface area (Å²) in [5, 5.41) is 9.21. The Morgan fingerprint density at radius 2 is 2.36 bits per heavy atom. The third kappa shape index (κ3) is 3.54.